The summed E-state index contributed by atoms with van der Waals surface area (Å²) in [5.74, 6) is -0.108. The van der Waals surface area contributed by atoms with Gasteiger partial charge in [-0.05, 0) is 30.3 Å². The fourth-order valence-corrected chi connectivity index (χ4v) is 3.88. The smallest absolute Gasteiger partial charge is 0.238 e. The number of aromatic amines is 1. The zero-order valence-electron chi connectivity index (χ0n) is 12.9. The molecular weight excluding hydrogens is 360 g/mol. The molecule has 2 aromatic carbocycles. The van der Waals surface area contributed by atoms with Crippen LogP contribution in [0.15, 0.2) is 47.4 Å². The van der Waals surface area contributed by atoms with Crippen molar-refractivity contribution in [2.45, 2.75) is 16.6 Å². The number of hydrogen-bond donors (Lipinski definition) is 3. The van der Waals surface area contributed by atoms with Gasteiger partial charge in [0.15, 0.2) is 0 Å². The minimum atomic E-state index is -0.502. The van der Waals surface area contributed by atoms with Crippen LogP contribution >= 0.6 is 23.4 Å². The van der Waals surface area contributed by atoms with Crippen molar-refractivity contribution in [1.29, 1.82) is 0 Å². The zero-order chi connectivity index (χ0) is 17.4. The van der Waals surface area contributed by atoms with E-state index in [1.807, 2.05) is 30.3 Å². The van der Waals surface area contributed by atoms with Gasteiger partial charge in [-0.3, -0.25) is 14.9 Å². The Bertz CT molecular complexity index is 955. The lowest BCUT2D eigenvalue weighted by molar-refractivity contribution is -0.120. The van der Waals surface area contributed by atoms with E-state index in [0.29, 0.717) is 16.7 Å². The summed E-state index contributed by atoms with van der Waals surface area (Å²) in [6.07, 6.45) is 0.0512. The average molecular weight is 373 g/mol. The Morgan fingerprint density at radius 1 is 1.28 bits per heavy atom. The monoisotopic (exact) mass is 372 g/mol. The number of nitrogens with one attached hydrogen (secondary N) is 3. The average Bonchev–Trinajstić information content (AvgIpc) is 2.97. The molecule has 126 valence electrons. The van der Waals surface area contributed by atoms with E-state index in [0.717, 1.165) is 15.9 Å². The number of carbonyl (C=O) groups is 2. The summed E-state index contributed by atoms with van der Waals surface area (Å²) in [5.41, 5.74) is 2.29. The number of halogens is 1. The highest BCUT2D eigenvalue weighted by molar-refractivity contribution is 8.01. The van der Waals surface area contributed by atoms with Gasteiger partial charge in [0.25, 0.3) is 0 Å². The highest BCUT2D eigenvalue weighted by Gasteiger charge is 2.29. The summed E-state index contributed by atoms with van der Waals surface area (Å²) < 4.78 is 0. The van der Waals surface area contributed by atoms with Gasteiger partial charge in [0.1, 0.15) is 0 Å². The maximum Gasteiger partial charge on any atom is 0.238 e. The molecule has 0 saturated heterocycles. The van der Waals surface area contributed by atoms with Gasteiger partial charge in [-0.15, -0.1) is 11.8 Å². The van der Waals surface area contributed by atoms with Crippen molar-refractivity contribution in [3.63, 3.8) is 0 Å². The molecule has 0 bridgehead atoms. The van der Waals surface area contributed by atoms with Crippen molar-refractivity contribution in [2.75, 3.05) is 10.6 Å². The van der Waals surface area contributed by atoms with Crippen LogP contribution in [0.3, 0.4) is 0 Å². The molecule has 1 aromatic heterocycles. The van der Waals surface area contributed by atoms with Gasteiger partial charge in [-0.2, -0.15) is 0 Å². The standard InChI is InChI=1S/C17H13ClN4O2S/c18-9-5-6-13-12(7-9)19-16(24)14(25-13)8-15(23)22-17-20-10-3-1-2-4-11(10)21-17/h1-7,14H,8H2,(H,19,24)(H2,20,21,22,23)/t14-/m1/s1. The van der Waals surface area contributed by atoms with E-state index in [9.17, 15) is 9.59 Å². The number of aromatic nitrogens is 2. The zero-order valence-corrected chi connectivity index (χ0v) is 14.4. The van der Waals surface area contributed by atoms with Crippen LogP contribution in [-0.2, 0) is 9.59 Å². The molecule has 3 aromatic rings. The SMILES string of the molecule is O=C(C[C@H]1Sc2ccc(Cl)cc2NC1=O)Nc1nc2ccccc2[nH]1. The minimum Gasteiger partial charge on any atom is -0.324 e. The Morgan fingerprint density at radius 2 is 2.12 bits per heavy atom. The molecule has 1 atom stereocenters. The fraction of sp³-hybridized carbons (Fsp3) is 0.118. The second-order valence-electron chi connectivity index (χ2n) is 5.59. The van der Waals surface area contributed by atoms with E-state index in [1.54, 1.807) is 12.1 Å². The molecule has 4 rings (SSSR count). The summed E-state index contributed by atoms with van der Waals surface area (Å²) in [6.45, 7) is 0. The van der Waals surface area contributed by atoms with Crippen molar-refractivity contribution in [3.8, 4) is 0 Å². The van der Waals surface area contributed by atoms with Crippen LogP contribution in [0, 0.1) is 0 Å². The lowest BCUT2D eigenvalue weighted by Crippen LogP contribution is -2.32. The fourth-order valence-electron chi connectivity index (χ4n) is 2.62. The molecule has 1 aliphatic rings. The normalized spacial score (nSPS) is 16.4. The summed E-state index contributed by atoms with van der Waals surface area (Å²) in [6, 6.07) is 12.8. The minimum absolute atomic E-state index is 0.0512. The van der Waals surface area contributed by atoms with E-state index < -0.39 is 5.25 Å². The van der Waals surface area contributed by atoms with Gasteiger partial charge in [0.2, 0.25) is 17.8 Å². The van der Waals surface area contributed by atoms with Gasteiger partial charge in [-0.25, -0.2) is 4.98 Å². The summed E-state index contributed by atoms with van der Waals surface area (Å²) in [5, 5.41) is 5.56. The molecule has 0 unspecified atom stereocenters. The van der Waals surface area contributed by atoms with Crippen molar-refractivity contribution in [2.24, 2.45) is 0 Å². The molecule has 2 heterocycles. The molecule has 0 fully saturated rings. The van der Waals surface area contributed by atoms with Gasteiger partial charge < -0.3 is 10.3 Å². The highest BCUT2D eigenvalue weighted by Crippen LogP contribution is 2.38. The number of thioether (sulfide) groups is 1. The Morgan fingerprint density at radius 3 is 2.96 bits per heavy atom. The van der Waals surface area contributed by atoms with Crippen molar-refractivity contribution >= 4 is 57.8 Å². The number of H-pyrrole nitrogens is 1. The third kappa shape index (κ3) is 3.33. The summed E-state index contributed by atoms with van der Waals surface area (Å²) in [4.78, 5) is 32.7. The Balaban J connectivity index is 1.45. The van der Waals surface area contributed by atoms with Crippen LogP contribution < -0.4 is 10.6 Å². The van der Waals surface area contributed by atoms with Crippen LogP contribution in [0.2, 0.25) is 5.02 Å². The molecule has 25 heavy (non-hydrogen) atoms. The van der Waals surface area contributed by atoms with Gasteiger partial charge >= 0.3 is 0 Å². The predicted molar refractivity (Wildman–Crippen MR) is 99.1 cm³/mol. The summed E-state index contributed by atoms with van der Waals surface area (Å²) in [7, 11) is 0. The number of fused-ring (bicyclic) bond motifs is 2. The van der Waals surface area contributed by atoms with Crippen LogP contribution in [0.25, 0.3) is 11.0 Å². The molecular formula is C17H13ClN4O2S. The maximum absolute atomic E-state index is 12.3. The molecule has 3 N–H and O–H groups in total. The first-order chi connectivity index (χ1) is 12.1. The number of amides is 2. The van der Waals surface area contributed by atoms with Crippen LogP contribution in [0.1, 0.15) is 6.42 Å². The second-order valence-corrected chi connectivity index (χ2v) is 7.27. The molecule has 0 radical (unpaired) electrons. The van der Waals surface area contributed by atoms with Crippen molar-refractivity contribution in [3.05, 3.63) is 47.5 Å². The number of anilines is 2. The number of benzene rings is 2. The van der Waals surface area contributed by atoms with Gasteiger partial charge in [0, 0.05) is 16.3 Å². The van der Waals surface area contributed by atoms with E-state index >= 15 is 0 Å². The topological polar surface area (TPSA) is 86.9 Å². The second kappa shape index (κ2) is 6.42. The lowest BCUT2D eigenvalue weighted by atomic mass is 10.2. The highest BCUT2D eigenvalue weighted by atomic mass is 35.5. The third-order valence-corrected chi connectivity index (χ3v) is 5.29. The van der Waals surface area contributed by atoms with Crippen molar-refractivity contribution < 1.29 is 9.59 Å². The first-order valence-corrected chi connectivity index (χ1v) is 8.86. The Hall–Kier alpha value is -2.51. The number of imidazole rings is 1. The largest absolute Gasteiger partial charge is 0.324 e. The predicted octanol–water partition coefficient (Wildman–Crippen LogP) is 3.66. The molecule has 0 saturated carbocycles. The Kier molecular flexibility index (Phi) is 4.10. The van der Waals surface area contributed by atoms with Crippen LogP contribution in [0.4, 0.5) is 11.6 Å². The molecule has 0 aliphatic carbocycles. The lowest BCUT2D eigenvalue weighted by Gasteiger charge is -2.23. The van der Waals surface area contributed by atoms with E-state index in [2.05, 4.69) is 20.6 Å². The third-order valence-electron chi connectivity index (χ3n) is 3.78. The molecule has 0 spiro atoms. The molecule has 6 nitrogen and oxygen atoms in total. The van der Waals surface area contributed by atoms with Crippen LogP contribution in [-0.4, -0.2) is 27.0 Å². The quantitative estimate of drug-likeness (QED) is 0.654. The molecule has 2 amide bonds. The number of carbonyl (C=O) groups excluding carboxylic acids is 2. The van der Waals surface area contributed by atoms with E-state index in [-0.39, 0.29) is 18.2 Å². The van der Waals surface area contributed by atoms with E-state index in [1.165, 1.54) is 11.8 Å². The van der Waals surface area contributed by atoms with Crippen LogP contribution in [0.5, 0.6) is 0 Å². The first kappa shape index (κ1) is 16.0. The number of para-hydroxylation sites is 2. The number of rotatable bonds is 3. The van der Waals surface area contributed by atoms with Crippen molar-refractivity contribution in [1.82, 2.24) is 9.97 Å². The van der Waals surface area contributed by atoms with E-state index in [4.69, 9.17) is 11.6 Å². The summed E-state index contributed by atoms with van der Waals surface area (Å²) >= 11 is 7.29. The molecule has 8 heteroatoms. The Labute approximate surface area is 152 Å². The van der Waals surface area contributed by atoms with Gasteiger partial charge in [0.05, 0.1) is 22.0 Å². The van der Waals surface area contributed by atoms with Gasteiger partial charge in [-0.1, -0.05) is 23.7 Å². The number of nitrogens with zero attached hydrogens (tertiary/aromatic N) is 1. The molecule has 1 aliphatic heterocycles. The first-order valence-electron chi connectivity index (χ1n) is 7.60. The maximum atomic E-state index is 12.3. The number of hydrogen-bond acceptors (Lipinski definition) is 4.